The van der Waals surface area contributed by atoms with Gasteiger partial charge in [-0.25, -0.2) is 9.59 Å². The molecule has 0 aliphatic carbocycles. The highest BCUT2D eigenvalue weighted by molar-refractivity contribution is 6.32. The van der Waals surface area contributed by atoms with Gasteiger partial charge in [-0.1, -0.05) is 41.4 Å². The maximum atomic E-state index is 12.5. The third-order valence-corrected chi connectivity index (χ3v) is 7.15. The second-order valence-corrected chi connectivity index (χ2v) is 10.7. The van der Waals surface area contributed by atoms with Gasteiger partial charge in [-0.2, -0.15) is 5.10 Å². The maximum absolute atomic E-state index is 12.5. The molecule has 0 saturated carbocycles. The number of carbonyl (C=O) groups is 2. The number of allylic oxidation sites excluding steroid dienone is 1. The van der Waals surface area contributed by atoms with E-state index in [1.807, 2.05) is 12.1 Å². The van der Waals surface area contributed by atoms with Crippen molar-refractivity contribution in [3.8, 4) is 23.0 Å². The van der Waals surface area contributed by atoms with Gasteiger partial charge in [-0.3, -0.25) is 5.43 Å². The number of benzene rings is 3. The van der Waals surface area contributed by atoms with E-state index >= 15 is 0 Å². The fraction of sp³-hybridized carbons (Fsp3) is 0.281. The van der Waals surface area contributed by atoms with Gasteiger partial charge in [0.2, 0.25) is 0 Å². The number of nitrogens with one attached hydrogen (secondary N) is 3. The molecule has 0 bridgehead atoms. The van der Waals surface area contributed by atoms with Crippen LogP contribution in [0.15, 0.2) is 71.0 Å². The monoisotopic (exact) mass is 672 g/mol. The van der Waals surface area contributed by atoms with E-state index in [0.29, 0.717) is 56.5 Å². The third-order valence-electron chi connectivity index (χ3n) is 6.63. The quantitative estimate of drug-likeness (QED) is 0.0794. The van der Waals surface area contributed by atoms with Gasteiger partial charge in [0.15, 0.2) is 29.2 Å². The van der Waals surface area contributed by atoms with E-state index < -0.39 is 24.3 Å². The number of amides is 2. The maximum Gasteiger partial charge on any atom is 0.337 e. The molecule has 0 radical (unpaired) electrons. The molecular weight excluding hydrogens is 639 g/mol. The number of esters is 1. The third kappa shape index (κ3) is 8.75. The second kappa shape index (κ2) is 16.1. The van der Waals surface area contributed by atoms with Crippen LogP contribution in [0.1, 0.15) is 36.6 Å². The van der Waals surface area contributed by atoms with E-state index in [4.69, 9.17) is 46.9 Å². The molecular formula is C32H34Cl2N4O8. The topological polar surface area (TPSA) is 149 Å². The largest absolute Gasteiger partial charge is 0.493 e. The van der Waals surface area contributed by atoms with Crippen molar-refractivity contribution in [2.75, 3.05) is 27.4 Å². The fourth-order valence-corrected chi connectivity index (χ4v) is 5.04. The zero-order valence-electron chi connectivity index (χ0n) is 25.6. The Labute approximate surface area is 276 Å². The lowest BCUT2D eigenvalue weighted by atomic mass is 9.95. The Morgan fingerprint density at radius 3 is 2.59 bits per heavy atom. The number of ether oxygens (including phenoxy) is 5. The molecule has 244 valence electrons. The first-order valence-corrected chi connectivity index (χ1v) is 14.9. The van der Waals surface area contributed by atoms with E-state index in [1.165, 1.54) is 20.4 Å². The number of urea groups is 1. The van der Waals surface area contributed by atoms with Crippen LogP contribution in [0.5, 0.6) is 23.0 Å². The summed E-state index contributed by atoms with van der Waals surface area (Å²) in [6.07, 6.45) is 0.267. The summed E-state index contributed by atoms with van der Waals surface area (Å²) in [5, 5.41) is 20.8. The Morgan fingerprint density at radius 2 is 1.87 bits per heavy atom. The number of nitrogens with zero attached hydrogens (tertiary/aromatic N) is 1. The number of hydrogen-bond acceptors (Lipinski definition) is 10. The number of methoxy groups -OCH3 is 2. The van der Waals surface area contributed by atoms with Crippen molar-refractivity contribution in [1.82, 2.24) is 16.1 Å². The van der Waals surface area contributed by atoms with Crippen molar-refractivity contribution >= 4 is 41.4 Å². The van der Waals surface area contributed by atoms with E-state index in [1.54, 1.807) is 56.3 Å². The first kappa shape index (κ1) is 34.2. The normalized spacial score (nSPS) is 15.1. The van der Waals surface area contributed by atoms with Crippen LogP contribution in [-0.4, -0.2) is 57.0 Å². The molecule has 1 aliphatic rings. The highest BCUT2D eigenvalue weighted by atomic mass is 35.5. The number of carbonyl (C=O) groups excluding carboxylic acids is 2. The van der Waals surface area contributed by atoms with Crippen molar-refractivity contribution in [2.24, 2.45) is 5.10 Å². The molecule has 46 heavy (non-hydrogen) atoms. The van der Waals surface area contributed by atoms with Gasteiger partial charge in [-0.15, -0.1) is 0 Å². The second-order valence-electron chi connectivity index (χ2n) is 9.87. The summed E-state index contributed by atoms with van der Waals surface area (Å²) in [6.45, 7) is 3.79. The fourth-order valence-electron chi connectivity index (χ4n) is 4.56. The summed E-state index contributed by atoms with van der Waals surface area (Å²) in [4.78, 5) is 24.6. The van der Waals surface area contributed by atoms with Crippen LogP contribution in [-0.2, 0) is 16.1 Å². The predicted octanol–water partition coefficient (Wildman–Crippen LogP) is 5.10. The van der Waals surface area contributed by atoms with Gasteiger partial charge in [0.25, 0.3) is 0 Å². The highest BCUT2D eigenvalue weighted by Gasteiger charge is 2.32. The number of rotatable bonds is 14. The first-order valence-electron chi connectivity index (χ1n) is 14.1. The number of hydrogen-bond donors (Lipinski definition) is 4. The van der Waals surface area contributed by atoms with Crippen LogP contribution >= 0.6 is 23.2 Å². The van der Waals surface area contributed by atoms with Crippen LogP contribution in [0.2, 0.25) is 10.0 Å². The van der Waals surface area contributed by atoms with Gasteiger partial charge < -0.3 is 39.4 Å². The summed E-state index contributed by atoms with van der Waals surface area (Å²) in [5.41, 5.74) is 5.27. The van der Waals surface area contributed by atoms with Crippen LogP contribution < -0.4 is 35.0 Å². The Balaban J connectivity index is 1.39. The predicted molar refractivity (Wildman–Crippen MR) is 173 cm³/mol. The molecule has 2 atom stereocenters. The first-order chi connectivity index (χ1) is 22.1. The Hall–Kier alpha value is -4.65. The number of aliphatic hydroxyl groups is 1. The molecule has 3 aromatic rings. The molecule has 1 heterocycles. The minimum Gasteiger partial charge on any atom is -0.493 e. The van der Waals surface area contributed by atoms with Crippen LogP contribution in [0, 0.1) is 0 Å². The lowest BCUT2D eigenvalue weighted by molar-refractivity contribution is -0.136. The molecule has 0 unspecified atom stereocenters. The molecule has 14 heteroatoms. The molecule has 3 aromatic carbocycles. The number of halogens is 2. The number of hydrazone groups is 1. The molecule has 2 amide bonds. The molecule has 0 spiro atoms. The van der Waals surface area contributed by atoms with Crippen molar-refractivity contribution in [2.45, 2.75) is 32.7 Å². The van der Waals surface area contributed by atoms with Gasteiger partial charge in [-0.05, 0) is 66.9 Å². The Bertz CT molecular complexity index is 1630. The molecule has 1 aliphatic heterocycles. The van der Waals surface area contributed by atoms with Crippen LogP contribution in [0.3, 0.4) is 0 Å². The molecule has 4 rings (SSSR count). The average Bonchev–Trinajstić information content (AvgIpc) is 3.03. The standard InChI is InChI=1S/C32H34Cl2N4O8/c1-5-44-25-14-21(29-28(31(40)43-4)18(2)36-32(41)37-29)9-10-24(25)45-17-27(39)38-35-15-20-12-23(34)30(26(13-20)42-3)46-16-19-7-6-8-22(33)11-19/h6-15,27,29,38-39H,5,16-17H2,1-4H3,(H2,36,37,41)/b35-15+/t27-,29+/m0/s1. The van der Waals surface area contributed by atoms with Gasteiger partial charge in [0, 0.05) is 10.7 Å². The van der Waals surface area contributed by atoms with E-state index in [9.17, 15) is 14.7 Å². The smallest absolute Gasteiger partial charge is 0.337 e. The van der Waals surface area contributed by atoms with Gasteiger partial charge in [0.1, 0.15) is 13.2 Å². The Morgan fingerprint density at radius 1 is 1.07 bits per heavy atom. The van der Waals surface area contributed by atoms with E-state index in [0.717, 1.165) is 5.56 Å². The summed E-state index contributed by atoms with van der Waals surface area (Å²) in [5.74, 6) is 0.877. The van der Waals surface area contributed by atoms with Crippen molar-refractivity contribution in [1.29, 1.82) is 0 Å². The van der Waals surface area contributed by atoms with Gasteiger partial charge in [0.05, 0.1) is 43.7 Å². The molecule has 0 saturated heterocycles. The summed E-state index contributed by atoms with van der Waals surface area (Å²) < 4.78 is 27.8. The SMILES string of the molecule is CCOc1cc([C@H]2NC(=O)NC(C)=C2C(=O)OC)ccc1OC[C@H](O)N/N=C/c1cc(Cl)c(OCc2cccc(Cl)c2)c(OC)c1. The number of aliphatic hydroxyl groups excluding tert-OH is 1. The van der Waals surface area contributed by atoms with Crippen LogP contribution in [0.4, 0.5) is 4.79 Å². The van der Waals surface area contributed by atoms with E-state index in [-0.39, 0.29) is 18.8 Å². The molecule has 4 N–H and O–H groups in total. The lowest BCUT2D eigenvalue weighted by Gasteiger charge is -2.28. The zero-order valence-corrected chi connectivity index (χ0v) is 27.1. The molecule has 0 fully saturated rings. The average molecular weight is 674 g/mol. The van der Waals surface area contributed by atoms with E-state index in [2.05, 4.69) is 21.2 Å². The van der Waals surface area contributed by atoms with Crippen molar-refractivity contribution < 1.29 is 38.4 Å². The summed E-state index contributed by atoms with van der Waals surface area (Å²) in [6, 6.07) is 14.4. The minimum atomic E-state index is -1.19. The van der Waals surface area contributed by atoms with Gasteiger partial charge >= 0.3 is 12.0 Å². The lowest BCUT2D eigenvalue weighted by Crippen LogP contribution is -2.45. The van der Waals surface area contributed by atoms with Crippen molar-refractivity contribution in [3.63, 3.8) is 0 Å². The zero-order chi connectivity index (χ0) is 33.2. The Kier molecular flexibility index (Phi) is 12.0. The molecule has 12 nitrogen and oxygen atoms in total. The molecule has 0 aromatic heterocycles. The summed E-state index contributed by atoms with van der Waals surface area (Å²) >= 11 is 12.5. The van der Waals surface area contributed by atoms with Crippen molar-refractivity contribution in [3.05, 3.63) is 92.6 Å². The van der Waals surface area contributed by atoms with Crippen LogP contribution in [0.25, 0.3) is 0 Å². The highest BCUT2D eigenvalue weighted by Crippen LogP contribution is 2.37. The summed E-state index contributed by atoms with van der Waals surface area (Å²) in [7, 11) is 2.77. The minimum absolute atomic E-state index is 0.187.